The van der Waals surface area contributed by atoms with Crippen molar-refractivity contribution >= 4 is 22.7 Å². The first-order valence-electron chi connectivity index (χ1n) is 13.4. The van der Waals surface area contributed by atoms with Gasteiger partial charge in [-0.15, -0.1) is 0 Å². The number of halogens is 6. The molecule has 2 heterocycles. The maximum Gasteiger partial charge on any atom is 0.416 e. The summed E-state index contributed by atoms with van der Waals surface area (Å²) in [4.78, 5) is 28.1. The van der Waals surface area contributed by atoms with Crippen LogP contribution in [0.5, 0.6) is 0 Å². The number of nitrogens with one attached hydrogen (secondary N) is 1. The van der Waals surface area contributed by atoms with Crippen molar-refractivity contribution in [3.63, 3.8) is 0 Å². The SMILES string of the molecule is O=C(N[C@H]1CCN(C(=O)c2cc(C(F)(F)F)cc(C(F)(F)F)c2)[C@H](Cc2ccccc2)C1)c1cc[n+]([O-])c2ccccc12. The molecular formula is C31H25F6N3O3. The number of alkyl halides is 6. The molecule has 5 rings (SSSR count). The molecule has 1 aliphatic heterocycles. The molecule has 2 atom stereocenters. The Kier molecular flexibility index (Phi) is 8.04. The van der Waals surface area contributed by atoms with E-state index in [-0.39, 0.29) is 37.4 Å². The Morgan fingerprint density at radius 3 is 2.16 bits per heavy atom. The topological polar surface area (TPSA) is 76.4 Å². The summed E-state index contributed by atoms with van der Waals surface area (Å²) in [5.41, 5.74) is -2.49. The van der Waals surface area contributed by atoms with Gasteiger partial charge in [0.25, 0.3) is 11.8 Å². The molecule has 0 aliphatic carbocycles. The van der Waals surface area contributed by atoms with Crippen molar-refractivity contribution in [1.82, 2.24) is 10.2 Å². The Bertz CT molecular complexity index is 1620. The molecule has 1 N–H and O–H groups in total. The largest absolute Gasteiger partial charge is 0.618 e. The van der Waals surface area contributed by atoms with Gasteiger partial charge in [0.1, 0.15) is 0 Å². The van der Waals surface area contributed by atoms with Crippen LogP contribution in [0.1, 0.15) is 50.2 Å². The predicted molar refractivity (Wildman–Crippen MR) is 145 cm³/mol. The van der Waals surface area contributed by atoms with Crippen molar-refractivity contribution in [1.29, 1.82) is 0 Å². The first-order chi connectivity index (χ1) is 20.3. The number of amides is 2. The zero-order valence-electron chi connectivity index (χ0n) is 22.5. The van der Waals surface area contributed by atoms with Crippen molar-refractivity contribution in [2.75, 3.05) is 6.54 Å². The first-order valence-corrected chi connectivity index (χ1v) is 13.4. The Labute approximate surface area is 242 Å². The zero-order valence-corrected chi connectivity index (χ0v) is 22.5. The molecule has 224 valence electrons. The van der Waals surface area contributed by atoms with Crippen LogP contribution in [0.25, 0.3) is 10.9 Å². The number of hydrogen-bond donors (Lipinski definition) is 1. The highest BCUT2D eigenvalue weighted by molar-refractivity contribution is 6.05. The highest BCUT2D eigenvalue weighted by Crippen LogP contribution is 2.37. The first kappa shape index (κ1) is 29.9. The second kappa shape index (κ2) is 11.6. The van der Waals surface area contributed by atoms with Gasteiger partial charge in [0.05, 0.1) is 22.1 Å². The highest BCUT2D eigenvalue weighted by atomic mass is 19.4. The van der Waals surface area contributed by atoms with Crippen molar-refractivity contribution in [3.8, 4) is 0 Å². The van der Waals surface area contributed by atoms with Crippen LogP contribution in [0.3, 0.4) is 0 Å². The van der Waals surface area contributed by atoms with Crippen molar-refractivity contribution in [2.24, 2.45) is 0 Å². The van der Waals surface area contributed by atoms with Crippen LogP contribution in [-0.2, 0) is 18.8 Å². The van der Waals surface area contributed by atoms with E-state index in [0.717, 1.165) is 5.56 Å². The number of likely N-dealkylation sites (tertiary alicyclic amines) is 1. The Morgan fingerprint density at radius 1 is 0.884 bits per heavy atom. The van der Waals surface area contributed by atoms with Crippen LogP contribution in [0.15, 0.2) is 85.1 Å². The molecule has 43 heavy (non-hydrogen) atoms. The second-order valence-electron chi connectivity index (χ2n) is 10.4. The standard InChI is InChI=1S/C31H25F6N3O3/c32-30(33,34)21-15-20(16-22(17-21)31(35,36)37)29(42)39-12-10-23(18-24(39)14-19-6-2-1-3-7-19)38-28(41)26-11-13-40(43)27-9-5-4-8-25(26)27/h1-9,11,13,15-17,23-24H,10,12,14,18H2,(H,38,41)/t23-,24+/m0/s1. The molecule has 1 aliphatic rings. The van der Waals surface area contributed by atoms with Crippen LogP contribution >= 0.6 is 0 Å². The highest BCUT2D eigenvalue weighted by Gasteiger charge is 2.39. The van der Waals surface area contributed by atoms with Gasteiger partial charge in [0, 0.05) is 36.3 Å². The molecular weight excluding hydrogens is 576 g/mol. The number of pyridine rings is 1. The summed E-state index contributed by atoms with van der Waals surface area (Å²) in [6, 6.07) is 16.7. The fraction of sp³-hybridized carbons (Fsp3) is 0.258. The van der Waals surface area contributed by atoms with E-state index in [1.165, 1.54) is 17.2 Å². The Balaban J connectivity index is 1.43. The maximum absolute atomic E-state index is 13.6. The minimum Gasteiger partial charge on any atom is -0.618 e. The van der Waals surface area contributed by atoms with Crippen LogP contribution in [0.4, 0.5) is 26.3 Å². The van der Waals surface area contributed by atoms with Crippen LogP contribution in [0, 0.1) is 5.21 Å². The molecule has 1 fully saturated rings. The van der Waals surface area contributed by atoms with Crippen LogP contribution < -0.4 is 10.0 Å². The third-order valence-corrected chi connectivity index (χ3v) is 7.51. The van der Waals surface area contributed by atoms with Crippen LogP contribution in [-0.4, -0.2) is 35.3 Å². The molecule has 3 aromatic carbocycles. The summed E-state index contributed by atoms with van der Waals surface area (Å²) in [5, 5.41) is 15.5. The lowest BCUT2D eigenvalue weighted by molar-refractivity contribution is -0.577. The summed E-state index contributed by atoms with van der Waals surface area (Å²) in [7, 11) is 0. The molecule has 12 heteroatoms. The minimum absolute atomic E-state index is 0.0123. The van der Waals surface area contributed by atoms with Crippen molar-refractivity contribution in [3.05, 3.63) is 118 Å². The van der Waals surface area contributed by atoms with E-state index in [4.69, 9.17) is 0 Å². The molecule has 0 unspecified atom stereocenters. The van der Waals surface area contributed by atoms with Crippen molar-refractivity contribution in [2.45, 2.75) is 43.7 Å². The molecule has 2 amide bonds. The van der Waals surface area contributed by atoms with E-state index < -0.39 is 52.9 Å². The average Bonchev–Trinajstić information content (AvgIpc) is 2.97. The number of rotatable bonds is 5. The van der Waals surface area contributed by atoms with Gasteiger partial charge in [-0.1, -0.05) is 42.5 Å². The normalized spacial score (nSPS) is 17.6. The van der Waals surface area contributed by atoms with Crippen molar-refractivity contribution < 1.29 is 40.7 Å². The molecule has 1 saturated heterocycles. The molecule has 0 saturated carbocycles. The molecule has 6 nitrogen and oxygen atoms in total. The third kappa shape index (κ3) is 6.58. The van der Waals surface area contributed by atoms with E-state index in [9.17, 15) is 41.1 Å². The number of aromatic nitrogens is 1. The number of carbonyl (C=O) groups excluding carboxylic acids is 2. The van der Waals surface area contributed by atoms with Crippen LogP contribution in [0.2, 0.25) is 0 Å². The van der Waals surface area contributed by atoms with Gasteiger partial charge in [0.2, 0.25) is 5.52 Å². The number of fused-ring (bicyclic) bond motifs is 1. The van der Waals surface area contributed by atoms with E-state index in [1.807, 2.05) is 0 Å². The van der Waals surface area contributed by atoms with Gasteiger partial charge in [-0.25, -0.2) is 0 Å². The molecule has 1 aromatic heterocycles. The Morgan fingerprint density at radius 2 is 1.51 bits per heavy atom. The third-order valence-electron chi connectivity index (χ3n) is 7.51. The summed E-state index contributed by atoms with van der Waals surface area (Å²) in [6.45, 7) is -0.0189. The monoisotopic (exact) mass is 601 g/mol. The van der Waals surface area contributed by atoms with Gasteiger partial charge in [-0.2, -0.15) is 31.1 Å². The van der Waals surface area contributed by atoms with E-state index >= 15 is 0 Å². The predicted octanol–water partition coefficient (Wildman–Crippen LogP) is 6.16. The number of para-hydroxylation sites is 1. The summed E-state index contributed by atoms with van der Waals surface area (Å²) in [6.07, 6.45) is -8.30. The molecule has 0 bridgehead atoms. The molecule has 0 spiro atoms. The number of piperidine rings is 1. The van der Waals surface area contributed by atoms with Gasteiger partial charge in [-0.3, -0.25) is 9.59 Å². The number of benzene rings is 3. The minimum atomic E-state index is -5.09. The average molecular weight is 602 g/mol. The summed E-state index contributed by atoms with van der Waals surface area (Å²) >= 11 is 0. The van der Waals surface area contributed by atoms with Gasteiger partial charge >= 0.3 is 12.4 Å². The molecule has 4 aromatic rings. The van der Waals surface area contributed by atoms with E-state index in [1.54, 1.807) is 54.6 Å². The fourth-order valence-electron chi connectivity index (χ4n) is 5.44. The van der Waals surface area contributed by atoms with E-state index in [0.29, 0.717) is 27.8 Å². The Hall–Kier alpha value is -4.61. The van der Waals surface area contributed by atoms with Gasteiger partial charge in [-0.05, 0) is 49.1 Å². The number of carbonyl (C=O) groups is 2. The summed E-state index contributed by atoms with van der Waals surface area (Å²) in [5.74, 6) is -1.41. The summed E-state index contributed by atoms with van der Waals surface area (Å²) < 4.78 is 81.6. The maximum atomic E-state index is 13.6. The second-order valence-corrected chi connectivity index (χ2v) is 10.4. The number of nitrogens with zero attached hydrogens (tertiary/aromatic N) is 2. The molecule has 0 radical (unpaired) electrons. The smallest absolute Gasteiger partial charge is 0.416 e. The van der Waals surface area contributed by atoms with Gasteiger partial charge < -0.3 is 15.4 Å². The van der Waals surface area contributed by atoms with E-state index in [2.05, 4.69) is 5.32 Å². The quantitative estimate of drug-likeness (QED) is 0.169. The lowest BCUT2D eigenvalue weighted by Crippen LogP contribution is -2.52. The lowest BCUT2D eigenvalue weighted by atomic mass is 9.91. The fourth-order valence-corrected chi connectivity index (χ4v) is 5.44. The number of hydrogen-bond acceptors (Lipinski definition) is 3. The van der Waals surface area contributed by atoms with Gasteiger partial charge in [0.15, 0.2) is 6.20 Å². The lowest BCUT2D eigenvalue weighted by Gasteiger charge is -2.40. The zero-order chi connectivity index (χ0) is 30.9.